The second kappa shape index (κ2) is 3.50. The SMILES string of the molecule is Cc1ccc(C(=O)CN)c(C)c1. The van der Waals surface area contributed by atoms with Crippen molar-refractivity contribution in [3.05, 3.63) is 34.9 Å². The molecule has 1 aromatic rings. The van der Waals surface area contributed by atoms with Crippen LogP contribution in [0.1, 0.15) is 21.5 Å². The Bertz CT molecular complexity index is 305. The molecule has 0 saturated carbocycles. The smallest absolute Gasteiger partial charge is 0.176 e. The molecule has 0 spiro atoms. The summed E-state index contributed by atoms with van der Waals surface area (Å²) in [7, 11) is 0. The van der Waals surface area contributed by atoms with E-state index in [0.29, 0.717) is 0 Å². The molecular formula is C10H13NO. The first kappa shape index (κ1) is 8.94. The van der Waals surface area contributed by atoms with Crippen LogP contribution in [-0.2, 0) is 0 Å². The Morgan fingerprint density at radius 1 is 1.42 bits per heavy atom. The van der Waals surface area contributed by atoms with Gasteiger partial charge in [-0.05, 0) is 19.4 Å². The van der Waals surface area contributed by atoms with Gasteiger partial charge < -0.3 is 5.73 Å². The average molecular weight is 163 g/mol. The molecule has 0 amide bonds. The third kappa shape index (κ3) is 1.71. The fraction of sp³-hybridized carbons (Fsp3) is 0.300. The number of Topliss-reactive ketones (excluding diaryl/α,β-unsaturated/α-hetero) is 1. The zero-order valence-electron chi connectivity index (χ0n) is 7.42. The average Bonchev–Trinajstić information content (AvgIpc) is 2.03. The van der Waals surface area contributed by atoms with E-state index in [1.165, 1.54) is 5.56 Å². The Morgan fingerprint density at radius 2 is 2.08 bits per heavy atom. The third-order valence-corrected chi connectivity index (χ3v) is 1.87. The number of hydrogen-bond acceptors (Lipinski definition) is 2. The minimum absolute atomic E-state index is 0.00694. The van der Waals surface area contributed by atoms with Crippen LogP contribution in [0.15, 0.2) is 18.2 Å². The molecule has 1 rings (SSSR count). The van der Waals surface area contributed by atoms with Crippen LogP contribution in [0.2, 0.25) is 0 Å². The highest BCUT2D eigenvalue weighted by molar-refractivity contribution is 5.98. The standard InChI is InChI=1S/C10H13NO/c1-7-3-4-9(8(2)5-7)10(12)6-11/h3-5H,6,11H2,1-2H3. The molecule has 0 heterocycles. The number of rotatable bonds is 2. The molecule has 0 aromatic heterocycles. The molecule has 2 N–H and O–H groups in total. The lowest BCUT2D eigenvalue weighted by atomic mass is 10.0. The molecule has 64 valence electrons. The van der Waals surface area contributed by atoms with Gasteiger partial charge in [-0.15, -0.1) is 0 Å². The van der Waals surface area contributed by atoms with E-state index in [-0.39, 0.29) is 12.3 Å². The van der Waals surface area contributed by atoms with Gasteiger partial charge in [-0.1, -0.05) is 23.8 Å². The second-order valence-electron chi connectivity index (χ2n) is 2.95. The molecule has 12 heavy (non-hydrogen) atoms. The summed E-state index contributed by atoms with van der Waals surface area (Å²) in [6, 6.07) is 5.75. The van der Waals surface area contributed by atoms with Crippen LogP contribution < -0.4 is 5.73 Å². The lowest BCUT2D eigenvalue weighted by Crippen LogP contribution is -2.14. The van der Waals surface area contributed by atoms with Gasteiger partial charge >= 0.3 is 0 Å². The lowest BCUT2D eigenvalue weighted by molar-refractivity contribution is 0.100. The summed E-state index contributed by atoms with van der Waals surface area (Å²) in [6.45, 7) is 4.02. The number of carbonyl (C=O) groups is 1. The van der Waals surface area contributed by atoms with Crippen molar-refractivity contribution in [3.8, 4) is 0 Å². The van der Waals surface area contributed by atoms with Crippen LogP contribution in [0.4, 0.5) is 0 Å². The summed E-state index contributed by atoms with van der Waals surface area (Å²) in [4.78, 5) is 11.2. The van der Waals surface area contributed by atoms with Crippen molar-refractivity contribution < 1.29 is 4.79 Å². The number of benzene rings is 1. The fourth-order valence-corrected chi connectivity index (χ4v) is 1.24. The number of ketones is 1. The number of hydrogen-bond donors (Lipinski definition) is 1. The highest BCUT2D eigenvalue weighted by Crippen LogP contribution is 2.10. The van der Waals surface area contributed by atoms with Gasteiger partial charge in [0.25, 0.3) is 0 Å². The third-order valence-electron chi connectivity index (χ3n) is 1.87. The van der Waals surface area contributed by atoms with Gasteiger partial charge in [-0.3, -0.25) is 4.79 Å². The molecule has 0 aliphatic heterocycles. The van der Waals surface area contributed by atoms with Gasteiger partial charge in [0.15, 0.2) is 5.78 Å². The molecule has 2 nitrogen and oxygen atoms in total. The predicted molar refractivity (Wildman–Crippen MR) is 49.3 cm³/mol. The summed E-state index contributed by atoms with van der Waals surface area (Å²) in [5.74, 6) is 0.00694. The van der Waals surface area contributed by atoms with Crippen LogP contribution >= 0.6 is 0 Å². The highest BCUT2D eigenvalue weighted by Gasteiger charge is 2.05. The van der Waals surface area contributed by atoms with Gasteiger partial charge in [-0.25, -0.2) is 0 Å². The van der Waals surface area contributed by atoms with Gasteiger partial charge in [0, 0.05) is 5.56 Å². The van der Waals surface area contributed by atoms with Crippen molar-refractivity contribution in [2.45, 2.75) is 13.8 Å². The molecule has 1 aromatic carbocycles. The van der Waals surface area contributed by atoms with Gasteiger partial charge in [0.2, 0.25) is 0 Å². The normalized spacial score (nSPS) is 9.92. The van der Waals surface area contributed by atoms with Crippen molar-refractivity contribution in [2.24, 2.45) is 5.73 Å². The number of carbonyl (C=O) groups excluding carboxylic acids is 1. The Kier molecular flexibility index (Phi) is 2.61. The molecule has 0 aliphatic rings. The monoisotopic (exact) mass is 163 g/mol. The van der Waals surface area contributed by atoms with Crippen molar-refractivity contribution in [3.63, 3.8) is 0 Å². The largest absolute Gasteiger partial charge is 0.324 e. The Balaban J connectivity index is 3.09. The fourth-order valence-electron chi connectivity index (χ4n) is 1.24. The van der Waals surface area contributed by atoms with E-state index < -0.39 is 0 Å². The molecule has 0 bridgehead atoms. The van der Waals surface area contributed by atoms with Gasteiger partial charge in [0.05, 0.1) is 6.54 Å². The zero-order chi connectivity index (χ0) is 9.14. The molecule has 2 heteroatoms. The topological polar surface area (TPSA) is 43.1 Å². The number of aryl methyl sites for hydroxylation is 2. The molecule has 0 atom stereocenters. The van der Waals surface area contributed by atoms with E-state index in [2.05, 4.69) is 0 Å². The van der Waals surface area contributed by atoms with Crippen molar-refractivity contribution >= 4 is 5.78 Å². The van der Waals surface area contributed by atoms with Gasteiger partial charge in [-0.2, -0.15) is 0 Å². The molecular weight excluding hydrogens is 150 g/mol. The van der Waals surface area contributed by atoms with Crippen LogP contribution in [0.3, 0.4) is 0 Å². The maximum absolute atomic E-state index is 11.2. The van der Waals surface area contributed by atoms with Crippen LogP contribution in [0.5, 0.6) is 0 Å². The molecule has 0 fully saturated rings. The minimum atomic E-state index is 0.00694. The molecule has 0 unspecified atom stereocenters. The maximum atomic E-state index is 11.2. The van der Waals surface area contributed by atoms with E-state index in [1.54, 1.807) is 0 Å². The molecule has 0 radical (unpaired) electrons. The summed E-state index contributed by atoms with van der Waals surface area (Å²) >= 11 is 0. The Labute approximate surface area is 72.4 Å². The first-order chi connectivity index (χ1) is 5.65. The molecule has 0 aliphatic carbocycles. The Morgan fingerprint density at radius 3 is 2.58 bits per heavy atom. The van der Waals surface area contributed by atoms with E-state index in [4.69, 9.17) is 5.73 Å². The summed E-state index contributed by atoms with van der Waals surface area (Å²) in [5, 5.41) is 0. The van der Waals surface area contributed by atoms with Crippen LogP contribution in [0.25, 0.3) is 0 Å². The van der Waals surface area contributed by atoms with E-state index in [1.807, 2.05) is 32.0 Å². The van der Waals surface area contributed by atoms with Crippen molar-refractivity contribution in [1.82, 2.24) is 0 Å². The van der Waals surface area contributed by atoms with Crippen LogP contribution in [-0.4, -0.2) is 12.3 Å². The van der Waals surface area contributed by atoms with Crippen molar-refractivity contribution in [1.29, 1.82) is 0 Å². The summed E-state index contributed by atoms with van der Waals surface area (Å²) in [6.07, 6.45) is 0. The van der Waals surface area contributed by atoms with E-state index in [0.717, 1.165) is 11.1 Å². The first-order valence-corrected chi connectivity index (χ1v) is 3.95. The first-order valence-electron chi connectivity index (χ1n) is 3.95. The summed E-state index contributed by atoms with van der Waals surface area (Å²) < 4.78 is 0. The summed E-state index contributed by atoms with van der Waals surface area (Å²) in [5.41, 5.74) is 8.17. The van der Waals surface area contributed by atoms with Crippen molar-refractivity contribution in [2.75, 3.05) is 6.54 Å². The van der Waals surface area contributed by atoms with Gasteiger partial charge in [0.1, 0.15) is 0 Å². The van der Waals surface area contributed by atoms with E-state index >= 15 is 0 Å². The highest BCUT2D eigenvalue weighted by atomic mass is 16.1. The van der Waals surface area contributed by atoms with E-state index in [9.17, 15) is 4.79 Å². The molecule has 0 saturated heterocycles. The second-order valence-corrected chi connectivity index (χ2v) is 2.95. The number of nitrogens with two attached hydrogens (primary N) is 1. The minimum Gasteiger partial charge on any atom is -0.324 e. The zero-order valence-corrected chi connectivity index (χ0v) is 7.42. The van der Waals surface area contributed by atoms with Crippen LogP contribution in [0, 0.1) is 13.8 Å². The predicted octanol–water partition coefficient (Wildman–Crippen LogP) is 1.44. The lowest BCUT2D eigenvalue weighted by Gasteiger charge is -2.03. The Hall–Kier alpha value is -1.15. The quantitative estimate of drug-likeness (QED) is 0.670. The maximum Gasteiger partial charge on any atom is 0.176 e.